The predicted molar refractivity (Wildman–Crippen MR) is 85.5 cm³/mol. The second-order valence-corrected chi connectivity index (χ2v) is 7.36. The molecule has 2 rings (SSSR count). The Hall–Kier alpha value is -1.23. The Morgan fingerprint density at radius 3 is 2.48 bits per heavy atom. The molecule has 1 aromatic carbocycles. The van der Waals surface area contributed by atoms with Crippen molar-refractivity contribution in [1.29, 1.82) is 0 Å². The van der Waals surface area contributed by atoms with Gasteiger partial charge in [-0.3, -0.25) is 0 Å². The van der Waals surface area contributed by atoms with Crippen molar-refractivity contribution in [3.05, 3.63) is 28.7 Å². The lowest BCUT2D eigenvalue weighted by Crippen LogP contribution is -2.47. The summed E-state index contributed by atoms with van der Waals surface area (Å²) in [5.41, 5.74) is -0.447. The Kier molecular flexibility index (Phi) is 5.14. The second kappa shape index (κ2) is 6.69. The normalized spacial score (nSPS) is 21.3. The van der Waals surface area contributed by atoms with Crippen molar-refractivity contribution in [3.8, 4) is 5.75 Å². The van der Waals surface area contributed by atoms with Crippen LogP contribution < -0.4 is 10.1 Å². The number of carbonyl (C=O) groups excluding carboxylic acids is 1. The van der Waals surface area contributed by atoms with Crippen LogP contribution in [-0.2, 0) is 4.74 Å². The molecule has 1 aliphatic carbocycles. The lowest BCUT2D eigenvalue weighted by molar-refractivity contribution is 0.0428. The first-order valence-corrected chi connectivity index (χ1v) is 7.99. The fourth-order valence-electron chi connectivity index (χ4n) is 2.21. The zero-order chi connectivity index (χ0) is 15.5. The van der Waals surface area contributed by atoms with Gasteiger partial charge in [0.05, 0.1) is 6.61 Å². The van der Waals surface area contributed by atoms with Crippen LogP contribution >= 0.6 is 15.9 Å². The first kappa shape index (κ1) is 16.1. The van der Waals surface area contributed by atoms with Crippen LogP contribution in [0, 0.1) is 5.92 Å². The van der Waals surface area contributed by atoms with Crippen LogP contribution in [0.4, 0.5) is 4.79 Å². The summed E-state index contributed by atoms with van der Waals surface area (Å²) in [6.07, 6.45) is 1.55. The van der Waals surface area contributed by atoms with Gasteiger partial charge >= 0.3 is 6.09 Å². The Bertz CT molecular complexity index is 475. The third kappa shape index (κ3) is 5.58. The summed E-state index contributed by atoms with van der Waals surface area (Å²) < 4.78 is 12.0. The molecule has 5 heteroatoms. The van der Waals surface area contributed by atoms with Crippen molar-refractivity contribution < 1.29 is 14.3 Å². The van der Waals surface area contributed by atoms with Gasteiger partial charge in [0.1, 0.15) is 11.4 Å². The molecule has 0 spiro atoms. The van der Waals surface area contributed by atoms with Crippen molar-refractivity contribution in [2.45, 2.75) is 45.3 Å². The van der Waals surface area contributed by atoms with E-state index >= 15 is 0 Å². The number of nitrogens with one attached hydrogen (secondary N) is 1. The smallest absolute Gasteiger partial charge is 0.407 e. The number of hydrogen-bond acceptors (Lipinski definition) is 3. The standard InChI is InChI=1S/C16H22BrNO3/c1-16(2,3)21-15(19)18-13-8-11(9-13)10-20-14-6-4-12(17)5-7-14/h4-7,11,13H,8-10H2,1-3H3,(H,18,19). The number of alkyl carbamates (subject to hydrolysis) is 1. The minimum absolute atomic E-state index is 0.207. The SMILES string of the molecule is CC(C)(C)OC(=O)NC1CC(COc2ccc(Br)cc2)C1. The van der Waals surface area contributed by atoms with Crippen LogP contribution in [0.25, 0.3) is 0 Å². The van der Waals surface area contributed by atoms with Crippen LogP contribution in [-0.4, -0.2) is 24.3 Å². The predicted octanol–water partition coefficient (Wildman–Crippen LogP) is 4.13. The maximum atomic E-state index is 11.6. The summed E-state index contributed by atoms with van der Waals surface area (Å²) in [5, 5.41) is 2.89. The molecule has 0 saturated heterocycles. The third-order valence-electron chi connectivity index (χ3n) is 3.26. The Labute approximate surface area is 134 Å². The van der Waals surface area contributed by atoms with Crippen LogP contribution in [0.5, 0.6) is 5.75 Å². The number of halogens is 1. The van der Waals surface area contributed by atoms with Gasteiger partial charge in [0, 0.05) is 10.5 Å². The molecule has 4 nitrogen and oxygen atoms in total. The molecule has 1 fully saturated rings. The van der Waals surface area contributed by atoms with E-state index in [9.17, 15) is 4.79 Å². The highest BCUT2D eigenvalue weighted by Crippen LogP contribution is 2.28. The number of carbonyl (C=O) groups is 1. The van der Waals surface area contributed by atoms with Gasteiger partial charge in [-0.05, 0) is 63.8 Å². The van der Waals surface area contributed by atoms with E-state index in [0.29, 0.717) is 12.5 Å². The molecule has 0 heterocycles. The lowest BCUT2D eigenvalue weighted by Gasteiger charge is -2.35. The number of rotatable bonds is 4. The lowest BCUT2D eigenvalue weighted by atomic mass is 9.81. The van der Waals surface area contributed by atoms with Crippen molar-refractivity contribution in [2.24, 2.45) is 5.92 Å². The molecule has 116 valence electrons. The van der Waals surface area contributed by atoms with Crippen LogP contribution in [0.1, 0.15) is 33.6 Å². The van der Waals surface area contributed by atoms with E-state index in [4.69, 9.17) is 9.47 Å². The summed E-state index contributed by atoms with van der Waals surface area (Å²) in [6, 6.07) is 8.02. The topological polar surface area (TPSA) is 47.6 Å². The number of hydrogen-bond donors (Lipinski definition) is 1. The molecule has 0 aliphatic heterocycles. The quantitative estimate of drug-likeness (QED) is 0.882. The second-order valence-electron chi connectivity index (χ2n) is 6.45. The molecular formula is C16H22BrNO3. The average molecular weight is 356 g/mol. The van der Waals surface area contributed by atoms with E-state index in [1.165, 1.54) is 0 Å². The van der Waals surface area contributed by atoms with E-state index in [-0.39, 0.29) is 12.1 Å². The molecule has 0 aromatic heterocycles. The molecule has 0 bridgehead atoms. The molecule has 21 heavy (non-hydrogen) atoms. The zero-order valence-corrected chi connectivity index (χ0v) is 14.3. The molecule has 0 unspecified atom stereocenters. The highest BCUT2D eigenvalue weighted by molar-refractivity contribution is 9.10. The molecule has 1 amide bonds. The van der Waals surface area contributed by atoms with Crippen molar-refractivity contribution in [3.63, 3.8) is 0 Å². The molecule has 1 aromatic rings. The van der Waals surface area contributed by atoms with Gasteiger partial charge in [-0.2, -0.15) is 0 Å². The van der Waals surface area contributed by atoms with E-state index in [1.54, 1.807) is 0 Å². The monoisotopic (exact) mass is 355 g/mol. The summed E-state index contributed by atoms with van der Waals surface area (Å²) >= 11 is 3.39. The van der Waals surface area contributed by atoms with Crippen molar-refractivity contribution >= 4 is 22.0 Å². The molecule has 0 radical (unpaired) electrons. The van der Waals surface area contributed by atoms with E-state index in [2.05, 4.69) is 21.2 Å². The number of amides is 1. The molecule has 1 N–H and O–H groups in total. The Morgan fingerprint density at radius 2 is 1.90 bits per heavy atom. The minimum atomic E-state index is -0.447. The molecular weight excluding hydrogens is 334 g/mol. The Morgan fingerprint density at radius 1 is 1.29 bits per heavy atom. The average Bonchev–Trinajstić information content (AvgIpc) is 2.31. The van der Waals surface area contributed by atoms with Gasteiger partial charge in [-0.25, -0.2) is 4.79 Å². The van der Waals surface area contributed by atoms with Crippen LogP contribution in [0.3, 0.4) is 0 Å². The summed E-state index contributed by atoms with van der Waals surface area (Å²) in [4.78, 5) is 11.6. The summed E-state index contributed by atoms with van der Waals surface area (Å²) in [7, 11) is 0. The van der Waals surface area contributed by atoms with Gasteiger partial charge in [-0.15, -0.1) is 0 Å². The van der Waals surface area contributed by atoms with E-state index in [0.717, 1.165) is 23.1 Å². The highest BCUT2D eigenvalue weighted by Gasteiger charge is 2.32. The highest BCUT2D eigenvalue weighted by atomic mass is 79.9. The van der Waals surface area contributed by atoms with Gasteiger partial charge in [-0.1, -0.05) is 15.9 Å². The van der Waals surface area contributed by atoms with Gasteiger partial charge in [0.25, 0.3) is 0 Å². The minimum Gasteiger partial charge on any atom is -0.493 e. The van der Waals surface area contributed by atoms with E-state index in [1.807, 2.05) is 45.0 Å². The first-order valence-electron chi connectivity index (χ1n) is 7.20. The van der Waals surface area contributed by atoms with Gasteiger partial charge in [0.15, 0.2) is 0 Å². The van der Waals surface area contributed by atoms with Gasteiger partial charge < -0.3 is 14.8 Å². The first-order chi connectivity index (χ1) is 9.82. The van der Waals surface area contributed by atoms with E-state index < -0.39 is 5.60 Å². The molecule has 1 aliphatic rings. The largest absolute Gasteiger partial charge is 0.493 e. The van der Waals surface area contributed by atoms with Gasteiger partial charge in [0.2, 0.25) is 0 Å². The Balaban J connectivity index is 1.63. The molecule has 1 saturated carbocycles. The van der Waals surface area contributed by atoms with Crippen LogP contribution in [0.2, 0.25) is 0 Å². The maximum absolute atomic E-state index is 11.6. The van der Waals surface area contributed by atoms with Crippen LogP contribution in [0.15, 0.2) is 28.7 Å². The summed E-state index contributed by atoms with van der Waals surface area (Å²) in [5.74, 6) is 1.37. The zero-order valence-electron chi connectivity index (χ0n) is 12.7. The van der Waals surface area contributed by atoms with Crippen molar-refractivity contribution in [1.82, 2.24) is 5.32 Å². The fourth-order valence-corrected chi connectivity index (χ4v) is 2.47. The molecule has 0 atom stereocenters. The van der Waals surface area contributed by atoms with Crippen molar-refractivity contribution in [2.75, 3.05) is 6.61 Å². The number of benzene rings is 1. The summed E-state index contributed by atoms with van der Waals surface area (Å²) in [6.45, 7) is 6.28. The fraction of sp³-hybridized carbons (Fsp3) is 0.562. The third-order valence-corrected chi connectivity index (χ3v) is 3.78. The number of ether oxygens (including phenoxy) is 2. The maximum Gasteiger partial charge on any atom is 0.407 e.